The molecule has 92 valence electrons. The van der Waals surface area contributed by atoms with Crippen molar-refractivity contribution in [3.05, 3.63) is 23.8 Å². The van der Waals surface area contributed by atoms with Crippen LogP contribution in [0.4, 0.5) is 8.78 Å². The number of benzene rings is 1. The third kappa shape index (κ3) is 1.74. The lowest BCUT2D eigenvalue weighted by Gasteiger charge is -2.15. The molecule has 1 aromatic rings. The second-order valence-corrected chi connectivity index (χ2v) is 4.64. The van der Waals surface area contributed by atoms with E-state index in [1.165, 1.54) is 0 Å². The van der Waals surface area contributed by atoms with Crippen LogP contribution in [0.3, 0.4) is 0 Å². The van der Waals surface area contributed by atoms with Gasteiger partial charge in [-0.3, -0.25) is 0 Å². The van der Waals surface area contributed by atoms with E-state index < -0.39 is 6.29 Å². The average molecular weight is 241 g/mol. The second-order valence-electron chi connectivity index (χ2n) is 4.64. The molecule has 1 aliphatic heterocycles. The van der Waals surface area contributed by atoms with Gasteiger partial charge in [0.1, 0.15) is 0 Å². The van der Waals surface area contributed by atoms with Crippen molar-refractivity contribution in [3.63, 3.8) is 0 Å². The fourth-order valence-electron chi connectivity index (χ4n) is 2.34. The lowest BCUT2D eigenvalue weighted by molar-refractivity contribution is -0.286. The molecule has 0 radical (unpaired) electrons. The highest BCUT2D eigenvalue weighted by atomic mass is 19.3. The van der Waals surface area contributed by atoms with Crippen molar-refractivity contribution in [2.45, 2.75) is 24.6 Å². The number of halogens is 2. The summed E-state index contributed by atoms with van der Waals surface area (Å²) in [4.78, 5) is 0. The molecule has 1 aromatic carbocycles. The van der Waals surface area contributed by atoms with Crippen LogP contribution in [0.25, 0.3) is 0 Å². The Morgan fingerprint density at radius 3 is 2.59 bits per heavy atom. The van der Waals surface area contributed by atoms with Gasteiger partial charge in [-0.15, -0.1) is 8.78 Å². The molecule has 1 heterocycles. The van der Waals surface area contributed by atoms with E-state index >= 15 is 0 Å². The zero-order chi connectivity index (χ0) is 12.1. The molecule has 0 unspecified atom stereocenters. The van der Waals surface area contributed by atoms with Gasteiger partial charge < -0.3 is 14.8 Å². The number of alkyl halides is 2. The van der Waals surface area contributed by atoms with E-state index in [1.807, 2.05) is 13.1 Å². The van der Waals surface area contributed by atoms with Gasteiger partial charge >= 0.3 is 6.29 Å². The summed E-state index contributed by atoms with van der Waals surface area (Å²) in [6.45, 7) is 0.850. The maximum Gasteiger partial charge on any atom is 0.586 e. The van der Waals surface area contributed by atoms with Gasteiger partial charge in [0.25, 0.3) is 0 Å². The van der Waals surface area contributed by atoms with Gasteiger partial charge in [-0.2, -0.15) is 0 Å². The van der Waals surface area contributed by atoms with Crippen LogP contribution in [0, 0.1) is 0 Å². The zero-order valence-corrected chi connectivity index (χ0v) is 9.43. The van der Waals surface area contributed by atoms with E-state index in [9.17, 15) is 8.78 Å². The molecular weight excluding hydrogens is 228 g/mol. The predicted molar refractivity (Wildman–Crippen MR) is 57.5 cm³/mol. The number of nitrogens with one attached hydrogen (secondary N) is 1. The standard InChI is InChI=1S/C12H13F2NO2/c1-15-7-11(4-5-11)8-2-3-9-10(6-8)17-12(13,14)16-9/h2-3,6,15H,4-5,7H2,1H3. The number of ether oxygens (including phenoxy) is 2. The Labute approximate surface area is 97.7 Å². The van der Waals surface area contributed by atoms with Crippen LogP contribution in [0.1, 0.15) is 18.4 Å². The van der Waals surface area contributed by atoms with Gasteiger partial charge in [0, 0.05) is 12.0 Å². The molecule has 17 heavy (non-hydrogen) atoms. The monoisotopic (exact) mass is 241 g/mol. The first kappa shape index (κ1) is 10.8. The van der Waals surface area contributed by atoms with Crippen LogP contribution in [0.2, 0.25) is 0 Å². The summed E-state index contributed by atoms with van der Waals surface area (Å²) in [5, 5.41) is 3.13. The van der Waals surface area contributed by atoms with Gasteiger partial charge in [0.05, 0.1) is 0 Å². The molecule has 0 amide bonds. The van der Waals surface area contributed by atoms with Crippen molar-refractivity contribution < 1.29 is 18.3 Å². The SMILES string of the molecule is CNCC1(c2ccc3c(c2)OC(F)(F)O3)CC1. The first-order valence-electron chi connectivity index (χ1n) is 5.60. The van der Waals surface area contributed by atoms with Crippen LogP contribution in [-0.4, -0.2) is 19.9 Å². The number of likely N-dealkylation sites (N-methyl/N-ethyl adjacent to an activating group) is 1. The number of hydrogen-bond acceptors (Lipinski definition) is 3. The smallest absolute Gasteiger partial charge is 0.395 e. The van der Waals surface area contributed by atoms with Gasteiger partial charge in [0.15, 0.2) is 11.5 Å². The molecule has 0 saturated heterocycles. The molecule has 5 heteroatoms. The van der Waals surface area contributed by atoms with Crippen LogP contribution in [0.5, 0.6) is 11.5 Å². The Kier molecular flexibility index (Phi) is 2.10. The van der Waals surface area contributed by atoms with Crippen molar-refractivity contribution in [2.75, 3.05) is 13.6 Å². The Morgan fingerprint density at radius 2 is 1.94 bits per heavy atom. The highest BCUT2D eigenvalue weighted by Gasteiger charge is 2.47. The first-order chi connectivity index (χ1) is 8.05. The normalized spacial score (nSPS) is 22.5. The molecule has 3 rings (SSSR count). The summed E-state index contributed by atoms with van der Waals surface area (Å²) >= 11 is 0. The lowest BCUT2D eigenvalue weighted by Crippen LogP contribution is -2.26. The summed E-state index contributed by atoms with van der Waals surface area (Å²) in [7, 11) is 1.89. The molecule has 0 aromatic heterocycles. The topological polar surface area (TPSA) is 30.5 Å². The van der Waals surface area contributed by atoms with Gasteiger partial charge in [-0.25, -0.2) is 0 Å². The number of hydrogen-bond donors (Lipinski definition) is 1. The molecule has 0 atom stereocenters. The summed E-state index contributed by atoms with van der Waals surface area (Å²) < 4.78 is 34.6. The van der Waals surface area contributed by atoms with E-state index in [2.05, 4.69) is 14.8 Å². The van der Waals surface area contributed by atoms with Crippen molar-refractivity contribution >= 4 is 0 Å². The Hall–Kier alpha value is -1.36. The van der Waals surface area contributed by atoms with Gasteiger partial charge in [0.2, 0.25) is 0 Å². The molecule has 1 aliphatic carbocycles. The maximum absolute atomic E-state index is 12.9. The number of rotatable bonds is 3. The van der Waals surface area contributed by atoms with E-state index in [0.29, 0.717) is 0 Å². The van der Waals surface area contributed by atoms with Crippen LogP contribution in [-0.2, 0) is 5.41 Å². The molecule has 1 N–H and O–H groups in total. The molecule has 0 bridgehead atoms. The van der Waals surface area contributed by atoms with Crippen molar-refractivity contribution in [1.29, 1.82) is 0 Å². The Bertz CT molecular complexity index is 458. The first-order valence-corrected chi connectivity index (χ1v) is 5.60. The fraction of sp³-hybridized carbons (Fsp3) is 0.500. The van der Waals surface area contributed by atoms with Crippen molar-refractivity contribution in [3.8, 4) is 11.5 Å². The molecule has 3 nitrogen and oxygen atoms in total. The third-order valence-corrected chi connectivity index (χ3v) is 3.38. The van der Waals surface area contributed by atoms with E-state index in [4.69, 9.17) is 0 Å². The molecule has 1 fully saturated rings. The Morgan fingerprint density at radius 1 is 1.24 bits per heavy atom. The average Bonchev–Trinajstić information content (AvgIpc) is 2.94. The van der Waals surface area contributed by atoms with Crippen molar-refractivity contribution in [1.82, 2.24) is 5.32 Å². The fourth-order valence-corrected chi connectivity index (χ4v) is 2.34. The quantitative estimate of drug-likeness (QED) is 0.880. The predicted octanol–water partition coefficient (Wildman–Crippen LogP) is 2.26. The molecule has 1 saturated carbocycles. The summed E-state index contributed by atoms with van der Waals surface area (Å²) in [6, 6.07) is 5.07. The Balaban J connectivity index is 1.91. The maximum atomic E-state index is 12.9. The van der Waals surface area contributed by atoms with E-state index in [0.717, 1.165) is 24.9 Å². The summed E-state index contributed by atoms with van der Waals surface area (Å²) in [5.74, 6) is 0.244. The highest BCUT2D eigenvalue weighted by Crippen LogP contribution is 2.51. The molecular formula is C12H13F2NO2. The van der Waals surface area contributed by atoms with Crippen LogP contribution in [0.15, 0.2) is 18.2 Å². The zero-order valence-electron chi connectivity index (χ0n) is 9.43. The highest BCUT2D eigenvalue weighted by molar-refractivity contribution is 5.48. The molecule has 0 spiro atoms. The van der Waals surface area contributed by atoms with Crippen LogP contribution < -0.4 is 14.8 Å². The second kappa shape index (κ2) is 3.32. The minimum atomic E-state index is -3.53. The van der Waals surface area contributed by atoms with Gasteiger partial charge in [-0.1, -0.05) is 6.07 Å². The van der Waals surface area contributed by atoms with E-state index in [-0.39, 0.29) is 16.9 Å². The summed E-state index contributed by atoms with van der Waals surface area (Å²) in [6.07, 6.45) is -1.38. The largest absolute Gasteiger partial charge is 0.586 e. The van der Waals surface area contributed by atoms with E-state index in [1.54, 1.807) is 12.1 Å². The van der Waals surface area contributed by atoms with Gasteiger partial charge in [-0.05, 0) is 37.6 Å². The third-order valence-electron chi connectivity index (χ3n) is 3.38. The summed E-state index contributed by atoms with van der Waals surface area (Å²) in [5.41, 5.74) is 1.12. The molecule has 2 aliphatic rings. The van der Waals surface area contributed by atoms with Crippen LogP contribution >= 0.6 is 0 Å². The number of fused-ring (bicyclic) bond motifs is 1. The minimum Gasteiger partial charge on any atom is -0.395 e. The lowest BCUT2D eigenvalue weighted by atomic mass is 9.95. The minimum absolute atomic E-state index is 0.0883. The van der Waals surface area contributed by atoms with Crippen molar-refractivity contribution in [2.24, 2.45) is 0 Å².